The van der Waals surface area contributed by atoms with E-state index < -0.39 is 0 Å². The summed E-state index contributed by atoms with van der Waals surface area (Å²) in [5, 5.41) is 3.30. The average Bonchev–Trinajstić information content (AvgIpc) is 3.00. The molecule has 1 aliphatic rings. The number of nitrogens with one attached hydrogen (secondary N) is 1. The molecule has 0 aliphatic carbocycles. The van der Waals surface area contributed by atoms with Crippen LogP contribution in [0.3, 0.4) is 0 Å². The van der Waals surface area contributed by atoms with E-state index in [2.05, 4.69) is 50.7 Å². The van der Waals surface area contributed by atoms with Gasteiger partial charge in [0.25, 0.3) is 0 Å². The average molecular weight is 296 g/mol. The summed E-state index contributed by atoms with van der Waals surface area (Å²) in [4.78, 5) is 11.2. The van der Waals surface area contributed by atoms with Crippen LogP contribution in [0.4, 0.5) is 5.82 Å². The first-order valence-electron chi connectivity index (χ1n) is 7.23. The fraction of sp³-hybridized carbons (Fsp3) is 0.250. The largest absolute Gasteiger partial charge is 0.292 e. The molecule has 1 fully saturated rings. The standard InChI is InChI=1S/C16H16N4S/c1-2-6-12(7-3-1)14-10-13-15(17-11-18-16(13)21-14)20-9-5-4-8-19-20/h1-3,6-7,10-11,19H,4-5,8-9H2. The Balaban J connectivity index is 1.80. The quantitative estimate of drug-likeness (QED) is 0.786. The molecule has 0 radical (unpaired) electrons. The zero-order valence-electron chi connectivity index (χ0n) is 11.6. The summed E-state index contributed by atoms with van der Waals surface area (Å²) in [6, 6.07) is 12.7. The molecular weight excluding hydrogens is 280 g/mol. The monoisotopic (exact) mass is 296 g/mol. The fourth-order valence-corrected chi connectivity index (χ4v) is 3.67. The van der Waals surface area contributed by atoms with Gasteiger partial charge in [-0.05, 0) is 24.5 Å². The molecule has 0 unspecified atom stereocenters. The van der Waals surface area contributed by atoms with Crippen molar-refractivity contribution in [3.63, 3.8) is 0 Å². The summed E-state index contributed by atoms with van der Waals surface area (Å²) in [5.41, 5.74) is 4.66. The van der Waals surface area contributed by atoms with Gasteiger partial charge in [-0.25, -0.2) is 15.4 Å². The second kappa shape index (κ2) is 5.42. The molecule has 1 aliphatic heterocycles. The molecule has 2 aromatic heterocycles. The van der Waals surface area contributed by atoms with Crippen LogP contribution in [0.2, 0.25) is 0 Å². The molecule has 0 amide bonds. The Morgan fingerprint density at radius 1 is 1.10 bits per heavy atom. The first-order valence-corrected chi connectivity index (χ1v) is 8.04. The van der Waals surface area contributed by atoms with E-state index in [1.165, 1.54) is 23.3 Å². The fourth-order valence-electron chi connectivity index (χ4n) is 2.67. The van der Waals surface area contributed by atoms with Crippen LogP contribution in [-0.4, -0.2) is 23.1 Å². The lowest BCUT2D eigenvalue weighted by molar-refractivity contribution is 0.508. The number of aromatic nitrogens is 2. The second-order valence-electron chi connectivity index (χ2n) is 5.16. The summed E-state index contributed by atoms with van der Waals surface area (Å²) in [7, 11) is 0. The number of hydrazine groups is 1. The van der Waals surface area contributed by atoms with Crippen LogP contribution >= 0.6 is 11.3 Å². The second-order valence-corrected chi connectivity index (χ2v) is 6.19. The molecule has 4 rings (SSSR count). The van der Waals surface area contributed by atoms with Gasteiger partial charge in [0.05, 0.1) is 5.39 Å². The van der Waals surface area contributed by atoms with E-state index in [4.69, 9.17) is 0 Å². The Labute approximate surface area is 127 Å². The number of hydrogen-bond donors (Lipinski definition) is 1. The van der Waals surface area contributed by atoms with Gasteiger partial charge in [0.1, 0.15) is 11.2 Å². The molecule has 106 valence electrons. The van der Waals surface area contributed by atoms with Gasteiger partial charge in [-0.2, -0.15) is 0 Å². The van der Waals surface area contributed by atoms with Crippen molar-refractivity contribution in [1.29, 1.82) is 0 Å². The van der Waals surface area contributed by atoms with E-state index in [-0.39, 0.29) is 0 Å². The summed E-state index contributed by atoms with van der Waals surface area (Å²) in [6.07, 6.45) is 4.09. The molecule has 1 saturated heterocycles. The van der Waals surface area contributed by atoms with Crippen LogP contribution in [0.5, 0.6) is 0 Å². The lowest BCUT2D eigenvalue weighted by Gasteiger charge is -2.28. The molecule has 1 N–H and O–H groups in total. The topological polar surface area (TPSA) is 41.0 Å². The third kappa shape index (κ3) is 2.39. The first kappa shape index (κ1) is 12.7. The minimum absolute atomic E-state index is 0.998. The predicted octanol–water partition coefficient (Wildman–Crippen LogP) is 3.46. The highest BCUT2D eigenvalue weighted by Gasteiger charge is 2.17. The van der Waals surface area contributed by atoms with E-state index in [0.717, 1.165) is 29.1 Å². The summed E-state index contributed by atoms with van der Waals surface area (Å²) >= 11 is 1.72. The van der Waals surface area contributed by atoms with E-state index >= 15 is 0 Å². The van der Waals surface area contributed by atoms with E-state index in [1.807, 2.05) is 6.07 Å². The Morgan fingerprint density at radius 3 is 2.81 bits per heavy atom. The SMILES string of the molecule is c1ccc(-c2cc3c(N4CCCCN4)ncnc3s2)cc1. The molecule has 21 heavy (non-hydrogen) atoms. The van der Waals surface area contributed by atoms with Crippen molar-refractivity contribution in [3.8, 4) is 10.4 Å². The van der Waals surface area contributed by atoms with Crippen LogP contribution in [0.15, 0.2) is 42.7 Å². The smallest absolute Gasteiger partial charge is 0.154 e. The van der Waals surface area contributed by atoms with Gasteiger partial charge in [0.15, 0.2) is 5.82 Å². The van der Waals surface area contributed by atoms with Crippen LogP contribution in [0.1, 0.15) is 12.8 Å². The van der Waals surface area contributed by atoms with Crippen molar-refractivity contribution >= 4 is 27.4 Å². The number of anilines is 1. The van der Waals surface area contributed by atoms with Crippen molar-refractivity contribution in [2.45, 2.75) is 12.8 Å². The predicted molar refractivity (Wildman–Crippen MR) is 87.4 cm³/mol. The molecule has 0 saturated carbocycles. The molecule has 0 bridgehead atoms. The molecule has 3 heterocycles. The summed E-state index contributed by atoms with van der Waals surface area (Å²) in [6.45, 7) is 2.02. The normalized spacial score (nSPS) is 15.5. The van der Waals surface area contributed by atoms with Gasteiger partial charge in [-0.1, -0.05) is 30.3 Å². The minimum Gasteiger partial charge on any atom is -0.292 e. The van der Waals surface area contributed by atoms with Gasteiger partial charge >= 0.3 is 0 Å². The number of hydrogen-bond acceptors (Lipinski definition) is 5. The number of nitrogens with zero attached hydrogens (tertiary/aromatic N) is 3. The molecule has 0 spiro atoms. The number of benzene rings is 1. The van der Waals surface area contributed by atoms with E-state index in [0.29, 0.717) is 0 Å². The zero-order valence-corrected chi connectivity index (χ0v) is 12.4. The van der Waals surface area contributed by atoms with Crippen LogP contribution in [-0.2, 0) is 0 Å². The molecule has 0 atom stereocenters. The highest BCUT2D eigenvalue weighted by Crippen LogP contribution is 2.35. The molecule has 4 nitrogen and oxygen atoms in total. The first-order chi connectivity index (χ1) is 10.4. The molecule has 3 aromatic rings. The Hall–Kier alpha value is -1.98. The van der Waals surface area contributed by atoms with Gasteiger partial charge in [0.2, 0.25) is 0 Å². The summed E-state index contributed by atoms with van der Waals surface area (Å²) in [5.74, 6) is 0.998. The van der Waals surface area contributed by atoms with Crippen molar-refractivity contribution in [2.75, 3.05) is 18.1 Å². The number of rotatable bonds is 2. The van der Waals surface area contributed by atoms with Crippen molar-refractivity contribution in [2.24, 2.45) is 0 Å². The highest BCUT2D eigenvalue weighted by molar-refractivity contribution is 7.21. The van der Waals surface area contributed by atoms with Gasteiger partial charge in [0, 0.05) is 18.0 Å². The molecule has 1 aromatic carbocycles. The summed E-state index contributed by atoms with van der Waals surface area (Å²) < 4.78 is 0. The Bertz CT molecular complexity index is 747. The van der Waals surface area contributed by atoms with Crippen molar-refractivity contribution < 1.29 is 0 Å². The maximum absolute atomic E-state index is 4.50. The Kier molecular flexibility index (Phi) is 3.29. The third-order valence-corrected chi connectivity index (χ3v) is 4.83. The van der Waals surface area contributed by atoms with Crippen LogP contribution in [0, 0.1) is 0 Å². The van der Waals surface area contributed by atoms with E-state index in [9.17, 15) is 0 Å². The third-order valence-electron chi connectivity index (χ3n) is 3.73. The van der Waals surface area contributed by atoms with Crippen molar-refractivity contribution in [1.82, 2.24) is 15.4 Å². The maximum atomic E-state index is 4.50. The van der Waals surface area contributed by atoms with Gasteiger partial charge < -0.3 is 0 Å². The Morgan fingerprint density at radius 2 is 2.00 bits per heavy atom. The zero-order chi connectivity index (χ0) is 14.1. The molecular formula is C16H16N4S. The van der Waals surface area contributed by atoms with Crippen molar-refractivity contribution in [3.05, 3.63) is 42.7 Å². The van der Waals surface area contributed by atoms with Crippen LogP contribution < -0.4 is 10.4 Å². The van der Waals surface area contributed by atoms with Gasteiger partial charge in [-0.15, -0.1) is 11.3 Å². The highest BCUT2D eigenvalue weighted by atomic mass is 32.1. The molecule has 5 heteroatoms. The number of fused-ring (bicyclic) bond motifs is 1. The van der Waals surface area contributed by atoms with Crippen LogP contribution in [0.25, 0.3) is 20.7 Å². The van der Waals surface area contributed by atoms with Gasteiger partial charge in [-0.3, -0.25) is 5.01 Å². The lowest BCUT2D eigenvalue weighted by Crippen LogP contribution is -2.43. The lowest BCUT2D eigenvalue weighted by atomic mass is 10.2. The number of thiophene rings is 1. The maximum Gasteiger partial charge on any atom is 0.154 e. The van der Waals surface area contributed by atoms with E-state index in [1.54, 1.807) is 17.7 Å². The minimum atomic E-state index is 0.998.